The normalized spacial score (nSPS) is 17.6. The summed E-state index contributed by atoms with van der Waals surface area (Å²) in [6, 6.07) is 7.07. The van der Waals surface area contributed by atoms with Crippen LogP contribution in [0.15, 0.2) is 29.8 Å². The van der Waals surface area contributed by atoms with E-state index in [0.717, 1.165) is 17.7 Å². The van der Waals surface area contributed by atoms with E-state index < -0.39 is 23.7 Å². The number of H-pyrrole nitrogens is 1. The van der Waals surface area contributed by atoms with Gasteiger partial charge in [-0.15, -0.1) is 0 Å². The van der Waals surface area contributed by atoms with Gasteiger partial charge in [0.25, 0.3) is 11.7 Å². The molecule has 1 aromatic heterocycles. The number of aliphatic hydroxyl groups is 1. The third kappa shape index (κ3) is 5.03. The molecule has 35 heavy (non-hydrogen) atoms. The van der Waals surface area contributed by atoms with Crippen LogP contribution in [-0.2, 0) is 14.3 Å². The maximum atomic E-state index is 13.3. The Kier molecular flexibility index (Phi) is 7.85. The van der Waals surface area contributed by atoms with E-state index in [9.17, 15) is 19.5 Å². The van der Waals surface area contributed by atoms with Gasteiger partial charge in [-0.3, -0.25) is 9.59 Å². The Morgan fingerprint density at radius 3 is 2.34 bits per heavy atom. The van der Waals surface area contributed by atoms with E-state index >= 15 is 0 Å². The van der Waals surface area contributed by atoms with Crippen LogP contribution in [-0.4, -0.2) is 71.8 Å². The highest BCUT2D eigenvalue weighted by Gasteiger charge is 2.46. The zero-order valence-electron chi connectivity index (χ0n) is 21.6. The minimum absolute atomic E-state index is 0.0266. The van der Waals surface area contributed by atoms with E-state index in [1.807, 2.05) is 43.3 Å². The quantitative estimate of drug-likeness (QED) is 0.256. The minimum atomic E-state index is -0.732. The Bertz CT molecular complexity index is 1160. The first-order chi connectivity index (χ1) is 16.5. The molecule has 0 aliphatic carbocycles. The number of amides is 1. The molecule has 0 saturated carbocycles. The summed E-state index contributed by atoms with van der Waals surface area (Å²) in [5, 5.41) is 11.4. The SMILES string of the molecule is COC(=O)c1[nH]c(C)c(C(O)=C2C(=O)C(=O)N(CCCN(C)C)[C@@H]2c2ccc(C(C)C)cc2)c1C. The zero-order chi connectivity index (χ0) is 26.0. The summed E-state index contributed by atoms with van der Waals surface area (Å²) in [4.78, 5) is 45.1. The fourth-order valence-corrected chi connectivity index (χ4v) is 4.62. The van der Waals surface area contributed by atoms with E-state index in [0.29, 0.717) is 35.7 Å². The van der Waals surface area contributed by atoms with Crippen LogP contribution in [0.5, 0.6) is 0 Å². The number of benzene rings is 1. The van der Waals surface area contributed by atoms with Crippen LogP contribution in [0.1, 0.15) is 70.7 Å². The Balaban J connectivity index is 2.17. The molecule has 0 spiro atoms. The van der Waals surface area contributed by atoms with E-state index in [2.05, 4.69) is 18.8 Å². The molecule has 1 fully saturated rings. The average molecular weight is 482 g/mol. The number of likely N-dealkylation sites (tertiary alicyclic amines) is 1. The van der Waals surface area contributed by atoms with Crippen molar-refractivity contribution in [3.8, 4) is 0 Å². The van der Waals surface area contributed by atoms with E-state index in [4.69, 9.17) is 4.74 Å². The van der Waals surface area contributed by atoms with Gasteiger partial charge in [0, 0.05) is 17.8 Å². The Labute approximate surface area is 206 Å². The highest BCUT2D eigenvalue weighted by atomic mass is 16.5. The monoisotopic (exact) mass is 481 g/mol. The van der Waals surface area contributed by atoms with Gasteiger partial charge in [0.2, 0.25) is 0 Å². The summed E-state index contributed by atoms with van der Waals surface area (Å²) in [6.07, 6.45) is 0.676. The number of nitrogens with one attached hydrogen (secondary N) is 1. The van der Waals surface area contributed by atoms with Crippen LogP contribution in [0.3, 0.4) is 0 Å². The third-order valence-electron chi connectivity index (χ3n) is 6.53. The van der Waals surface area contributed by atoms with E-state index in [1.165, 1.54) is 7.11 Å². The number of carbonyl (C=O) groups excluding carboxylic acids is 3. The van der Waals surface area contributed by atoms with Gasteiger partial charge in [-0.05, 0) is 63.5 Å². The molecule has 2 N–H and O–H groups in total. The van der Waals surface area contributed by atoms with Gasteiger partial charge in [-0.2, -0.15) is 0 Å². The molecule has 3 rings (SSSR count). The molecule has 0 bridgehead atoms. The molecule has 1 aliphatic heterocycles. The Hall–Kier alpha value is -3.39. The van der Waals surface area contributed by atoms with Gasteiger partial charge >= 0.3 is 5.97 Å². The molecule has 1 saturated heterocycles. The van der Waals surface area contributed by atoms with Crippen LogP contribution in [0.25, 0.3) is 5.76 Å². The maximum absolute atomic E-state index is 13.3. The van der Waals surface area contributed by atoms with Crippen molar-refractivity contribution >= 4 is 23.4 Å². The molecule has 1 amide bonds. The number of aromatic amines is 1. The summed E-state index contributed by atoms with van der Waals surface area (Å²) in [6.45, 7) is 8.69. The average Bonchev–Trinajstić information content (AvgIpc) is 3.25. The van der Waals surface area contributed by atoms with Crippen LogP contribution < -0.4 is 0 Å². The minimum Gasteiger partial charge on any atom is -0.507 e. The van der Waals surface area contributed by atoms with Crippen LogP contribution in [0, 0.1) is 13.8 Å². The predicted molar refractivity (Wildman–Crippen MR) is 134 cm³/mol. The second-order valence-electron chi connectivity index (χ2n) is 9.59. The number of nitrogens with zero attached hydrogens (tertiary/aromatic N) is 2. The number of aromatic nitrogens is 1. The molecule has 2 heterocycles. The lowest BCUT2D eigenvalue weighted by molar-refractivity contribution is -0.139. The molecule has 8 heteroatoms. The molecular weight excluding hydrogens is 446 g/mol. The molecule has 2 aromatic rings. The van der Waals surface area contributed by atoms with E-state index in [1.54, 1.807) is 18.7 Å². The summed E-state index contributed by atoms with van der Waals surface area (Å²) in [7, 11) is 5.18. The first-order valence-corrected chi connectivity index (χ1v) is 11.8. The first kappa shape index (κ1) is 26.2. The van der Waals surface area contributed by atoms with Crippen molar-refractivity contribution in [3.05, 3.63) is 63.5 Å². The van der Waals surface area contributed by atoms with Gasteiger partial charge in [0.1, 0.15) is 11.5 Å². The van der Waals surface area contributed by atoms with Gasteiger partial charge in [0.05, 0.1) is 18.7 Å². The zero-order valence-corrected chi connectivity index (χ0v) is 21.6. The van der Waals surface area contributed by atoms with Crippen molar-refractivity contribution in [3.63, 3.8) is 0 Å². The highest BCUT2D eigenvalue weighted by molar-refractivity contribution is 6.46. The number of rotatable bonds is 8. The van der Waals surface area contributed by atoms with Crippen molar-refractivity contribution in [1.29, 1.82) is 0 Å². The van der Waals surface area contributed by atoms with Gasteiger partial charge in [-0.1, -0.05) is 38.1 Å². The number of aryl methyl sites for hydroxylation is 1. The fourth-order valence-electron chi connectivity index (χ4n) is 4.62. The molecule has 1 aliphatic rings. The lowest BCUT2D eigenvalue weighted by Gasteiger charge is -2.26. The van der Waals surface area contributed by atoms with Crippen molar-refractivity contribution < 1.29 is 24.2 Å². The fraction of sp³-hybridized carbons (Fsp3) is 0.444. The van der Waals surface area contributed by atoms with Crippen molar-refractivity contribution in [2.75, 3.05) is 34.3 Å². The molecule has 0 unspecified atom stereocenters. The smallest absolute Gasteiger partial charge is 0.354 e. The number of Topliss-reactive ketones (excluding diaryl/α,β-unsaturated/α-hetero) is 1. The molecule has 1 aromatic carbocycles. The summed E-state index contributed by atoms with van der Waals surface area (Å²) in [5.41, 5.74) is 3.41. The van der Waals surface area contributed by atoms with Gasteiger partial charge < -0.3 is 24.6 Å². The Morgan fingerprint density at radius 1 is 1.17 bits per heavy atom. The molecule has 1 atom stereocenters. The molecular formula is C27H35N3O5. The topological polar surface area (TPSA) is 103 Å². The summed E-state index contributed by atoms with van der Waals surface area (Å²) < 4.78 is 4.83. The van der Waals surface area contributed by atoms with Gasteiger partial charge in [0.15, 0.2) is 0 Å². The second kappa shape index (κ2) is 10.5. The Morgan fingerprint density at radius 2 is 1.80 bits per heavy atom. The maximum Gasteiger partial charge on any atom is 0.354 e. The van der Waals surface area contributed by atoms with Crippen LogP contribution >= 0.6 is 0 Å². The lowest BCUT2D eigenvalue weighted by atomic mass is 9.92. The highest BCUT2D eigenvalue weighted by Crippen LogP contribution is 2.41. The molecule has 0 radical (unpaired) electrons. The van der Waals surface area contributed by atoms with Crippen LogP contribution in [0.2, 0.25) is 0 Å². The number of aliphatic hydroxyl groups excluding tert-OH is 1. The number of hydrogen-bond donors (Lipinski definition) is 2. The predicted octanol–water partition coefficient (Wildman–Crippen LogP) is 3.91. The number of ketones is 1. The van der Waals surface area contributed by atoms with Crippen molar-refractivity contribution in [2.24, 2.45) is 0 Å². The van der Waals surface area contributed by atoms with E-state index in [-0.39, 0.29) is 17.0 Å². The largest absolute Gasteiger partial charge is 0.507 e. The lowest BCUT2D eigenvalue weighted by Crippen LogP contribution is -2.32. The van der Waals surface area contributed by atoms with Crippen molar-refractivity contribution in [1.82, 2.24) is 14.8 Å². The molecule has 188 valence electrons. The number of ether oxygens (including phenoxy) is 1. The number of carbonyl (C=O) groups is 3. The van der Waals surface area contributed by atoms with Crippen molar-refractivity contribution in [2.45, 2.75) is 46.1 Å². The number of methoxy groups -OCH3 is 1. The summed E-state index contributed by atoms with van der Waals surface area (Å²) in [5.74, 6) is -1.91. The number of hydrogen-bond acceptors (Lipinski definition) is 6. The molecule has 8 nitrogen and oxygen atoms in total. The third-order valence-corrected chi connectivity index (χ3v) is 6.53. The summed E-state index contributed by atoms with van der Waals surface area (Å²) >= 11 is 0. The van der Waals surface area contributed by atoms with Gasteiger partial charge in [-0.25, -0.2) is 4.79 Å². The second-order valence-corrected chi connectivity index (χ2v) is 9.59. The standard InChI is InChI=1S/C27H35N3O5/c1-15(2)18-9-11-19(12-10-18)23-21(25(32)26(33)30(23)14-8-13-29(5)6)24(31)20-16(3)22(27(34)35-7)28-17(20)4/h9-12,15,23,28,31H,8,13-14H2,1-7H3/t23-/m1/s1. The first-order valence-electron chi connectivity index (χ1n) is 11.8. The number of esters is 1. The van der Waals surface area contributed by atoms with Crippen LogP contribution in [0.4, 0.5) is 0 Å².